The molecule has 32 heavy (non-hydrogen) atoms. The number of rotatable bonds is 3. The van der Waals surface area contributed by atoms with E-state index in [1.165, 1.54) is 54.9 Å². The second kappa shape index (κ2) is 7.83. The smallest absolute Gasteiger partial charge is 0.00266 e. The highest BCUT2D eigenvalue weighted by Gasteiger charge is 2.15. The van der Waals surface area contributed by atoms with Crippen LogP contribution in [0, 0.1) is 0 Å². The Morgan fingerprint density at radius 1 is 0.312 bits per heavy atom. The maximum absolute atomic E-state index is 2.39. The van der Waals surface area contributed by atoms with E-state index in [0.717, 1.165) is 0 Å². The first-order valence-electron chi connectivity index (χ1n) is 11.0. The average Bonchev–Trinajstić information content (AvgIpc) is 2.88. The second-order valence-corrected chi connectivity index (χ2v) is 8.19. The van der Waals surface area contributed by atoms with Gasteiger partial charge in [-0.2, -0.15) is 0 Å². The van der Waals surface area contributed by atoms with E-state index in [1.54, 1.807) is 0 Å². The lowest BCUT2D eigenvalue weighted by Crippen LogP contribution is -1.90. The summed E-state index contributed by atoms with van der Waals surface area (Å²) in [6.45, 7) is 0. The van der Waals surface area contributed by atoms with Crippen molar-refractivity contribution in [2.24, 2.45) is 0 Å². The lowest BCUT2D eigenvalue weighted by atomic mass is 9.86. The SMILES string of the molecule is c1ccc(-c2cc3cc4ccccc4c(-c4ccccc4)c3cc2-c2ccccc2)cc1. The van der Waals surface area contributed by atoms with Crippen LogP contribution < -0.4 is 0 Å². The molecule has 6 aromatic carbocycles. The Bertz CT molecular complexity index is 1530. The van der Waals surface area contributed by atoms with Gasteiger partial charge in [0, 0.05) is 0 Å². The van der Waals surface area contributed by atoms with Gasteiger partial charge in [-0.25, -0.2) is 0 Å². The van der Waals surface area contributed by atoms with Crippen molar-refractivity contribution in [2.45, 2.75) is 0 Å². The van der Waals surface area contributed by atoms with Crippen molar-refractivity contribution in [3.63, 3.8) is 0 Å². The molecule has 0 nitrogen and oxygen atoms in total. The average molecular weight is 407 g/mol. The number of fused-ring (bicyclic) bond motifs is 2. The molecule has 6 rings (SSSR count). The lowest BCUT2D eigenvalue weighted by Gasteiger charge is -2.17. The van der Waals surface area contributed by atoms with Gasteiger partial charge in [-0.05, 0) is 73.1 Å². The van der Waals surface area contributed by atoms with Crippen LogP contribution in [0.1, 0.15) is 0 Å². The minimum Gasteiger partial charge on any atom is -0.0622 e. The largest absolute Gasteiger partial charge is 0.0622 e. The molecule has 0 atom stereocenters. The Labute approximate surface area is 188 Å². The summed E-state index contributed by atoms with van der Waals surface area (Å²) in [6.07, 6.45) is 0. The molecule has 0 unspecified atom stereocenters. The molecule has 0 fully saturated rings. The zero-order valence-electron chi connectivity index (χ0n) is 17.7. The summed E-state index contributed by atoms with van der Waals surface area (Å²) < 4.78 is 0. The van der Waals surface area contributed by atoms with Crippen LogP contribution in [0.2, 0.25) is 0 Å². The fourth-order valence-electron chi connectivity index (χ4n) is 4.74. The third-order valence-corrected chi connectivity index (χ3v) is 6.23. The van der Waals surface area contributed by atoms with E-state index in [4.69, 9.17) is 0 Å². The predicted octanol–water partition coefficient (Wildman–Crippen LogP) is 8.99. The van der Waals surface area contributed by atoms with Crippen molar-refractivity contribution in [1.29, 1.82) is 0 Å². The fourth-order valence-corrected chi connectivity index (χ4v) is 4.74. The molecule has 0 bridgehead atoms. The number of hydrogen-bond donors (Lipinski definition) is 0. The summed E-state index contributed by atoms with van der Waals surface area (Å²) in [5.74, 6) is 0. The molecule has 0 aliphatic rings. The van der Waals surface area contributed by atoms with Crippen LogP contribution in [-0.2, 0) is 0 Å². The molecule has 0 aromatic heterocycles. The van der Waals surface area contributed by atoms with Crippen molar-refractivity contribution in [3.05, 3.63) is 133 Å². The van der Waals surface area contributed by atoms with E-state index >= 15 is 0 Å². The van der Waals surface area contributed by atoms with Crippen LogP contribution in [0.5, 0.6) is 0 Å². The standard InChI is InChI=1S/C32H22/c1-4-12-23(13-5-1)29-21-27-20-26-18-10-11-19-28(26)32(25-16-8-3-9-17-25)31(27)22-30(29)24-14-6-2-7-15-24/h1-22H. The molecular weight excluding hydrogens is 384 g/mol. The van der Waals surface area contributed by atoms with E-state index in [-0.39, 0.29) is 0 Å². The minimum atomic E-state index is 1.24. The maximum Gasteiger partial charge on any atom is -0.00266 e. The molecule has 0 amide bonds. The van der Waals surface area contributed by atoms with Crippen LogP contribution in [0.3, 0.4) is 0 Å². The number of benzene rings is 6. The molecular formula is C32H22. The second-order valence-electron chi connectivity index (χ2n) is 8.19. The van der Waals surface area contributed by atoms with E-state index < -0.39 is 0 Å². The van der Waals surface area contributed by atoms with Gasteiger partial charge in [0.15, 0.2) is 0 Å². The molecule has 0 heterocycles. The van der Waals surface area contributed by atoms with Crippen molar-refractivity contribution in [3.8, 4) is 33.4 Å². The topological polar surface area (TPSA) is 0 Å². The third-order valence-electron chi connectivity index (χ3n) is 6.23. The maximum atomic E-state index is 2.39. The van der Waals surface area contributed by atoms with Crippen LogP contribution in [0.25, 0.3) is 54.9 Å². The molecule has 0 N–H and O–H groups in total. The van der Waals surface area contributed by atoms with Crippen LogP contribution in [0.15, 0.2) is 133 Å². The summed E-state index contributed by atoms with van der Waals surface area (Å²) in [7, 11) is 0. The molecule has 0 spiro atoms. The van der Waals surface area contributed by atoms with Gasteiger partial charge >= 0.3 is 0 Å². The van der Waals surface area contributed by atoms with Crippen molar-refractivity contribution >= 4 is 21.5 Å². The summed E-state index contributed by atoms with van der Waals surface area (Å²) in [5, 5.41) is 5.11. The molecule has 0 heteroatoms. The Morgan fingerprint density at radius 3 is 1.44 bits per heavy atom. The van der Waals surface area contributed by atoms with Crippen LogP contribution in [-0.4, -0.2) is 0 Å². The van der Waals surface area contributed by atoms with E-state index in [1.807, 2.05) is 0 Å². The van der Waals surface area contributed by atoms with Gasteiger partial charge < -0.3 is 0 Å². The fraction of sp³-hybridized carbons (Fsp3) is 0. The summed E-state index contributed by atoms with van der Waals surface area (Å²) in [5.41, 5.74) is 7.55. The molecule has 0 radical (unpaired) electrons. The van der Waals surface area contributed by atoms with Crippen molar-refractivity contribution < 1.29 is 0 Å². The first-order chi connectivity index (χ1) is 15.9. The van der Waals surface area contributed by atoms with Crippen LogP contribution in [0.4, 0.5) is 0 Å². The Morgan fingerprint density at radius 2 is 0.812 bits per heavy atom. The first kappa shape index (κ1) is 18.6. The highest BCUT2D eigenvalue weighted by molar-refractivity contribution is 6.14. The zero-order valence-corrected chi connectivity index (χ0v) is 17.7. The van der Waals surface area contributed by atoms with E-state index in [9.17, 15) is 0 Å². The normalized spacial score (nSPS) is 11.1. The molecule has 0 saturated heterocycles. The van der Waals surface area contributed by atoms with E-state index in [0.29, 0.717) is 0 Å². The van der Waals surface area contributed by atoms with Crippen molar-refractivity contribution in [1.82, 2.24) is 0 Å². The predicted molar refractivity (Wildman–Crippen MR) is 138 cm³/mol. The van der Waals surface area contributed by atoms with Gasteiger partial charge in [0.2, 0.25) is 0 Å². The van der Waals surface area contributed by atoms with Crippen molar-refractivity contribution in [2.75, 3.05) is 0 Å². The van der Waals surface area contributed by atoms with Crippen LogP contribution >= 0.6 is 0 Å². The zero-order chi connectivity index (χ0) is 21.3. The van der Waals surface area contributed by atoms with Gasteiger partial charge in [-0.1, -0.05) is 115 Å². The quantitative estimate of drug-likeness (QED) is 0.257. The highest BCUT2D eigenvalue weighted by Crippen LogP contribution is 2.42. The highest BCUT2D eigenvalue weighted by atomic mass is 14.2. The first-order valence-corrected chi connectivity index (χ1v) is 11.0. The lowest BCUT2D eigenvalue weighted by molar-refractivity contribution is 1.60. The Kier molecular flexibility index (Phi) is 4.55. The molecule has 150 valence electrons. The minimum absolute atomic E-state index is 1.24. The van der Waals surface area contributed by atoms with Gasteiger partial charge in [-0.3, -0.25) is 0 Å². The Balaban J connectivity index is 1.77. The summed E-state index contributed by atoms with van der Waals surface area (Å²) in [6, 6.07) is 48.0. The van der Waals surface area contributed by atoms with Gasteiger partial charge in [-0.15, -0.1) is 0 Å². The molecule has 0 aliphatic carbocycles. The molecule has 0 aliphatic heterocycles. The van der Waals surface area contributed by atoms with Gasteiger partial charge in [0.1, 0.15) is 0 Å². The van der Waals surface area contributed by atoms with Gasteiger partial charge in [0.25, 0.3) is 0 Å². The summed E-state index contributed by atoms with van der Waals surface area (Å²) in [4.78, 5) is 0. The Hall–Kier alpha value is -4.16. The molecule has 0 saturated carbocycles. The molecule has 6 aromatic rings. The third kappa shape index (κ3) is 3.18. The summed E-state index contributed by atoms with van der Waals surface area (Å²) >= 11 is 0. The monoisotopic (exact) mass is 406 g/mol. The number of hydrogen-bond acceptors (Lipinski definition) is 0. The van der Waals surface area contributed by atoms with Gasteiger partial charge in [0.05, 0.1) is 0 Å². The van der Waals surface area contributed by atoms with E-state index in [2.05, 4.69) is 133 Å².